The summed E-state index contributed by atoms with van der Waals surface area (Å²) < 4.78 is 11.1. The zero-order valence-corrected chi connectivity index (χ0v) is 12.7. The van der Waals surface area contributed by atoms with Crippen LogP contribution < -0.4 is 5.63 Å². The number of halogens is 1. The molecule has 0 fully saturated rings. The molecule has 7 heteroatoms. The number of carbonyl (C=O) groups is 1. The van der Waals surface area contributed by atoms with Gasteiger partial charge in [-0.3, -0.25) is 4.98 Å². The van der Waals surface area contributed by atoms with Crippen molar-refractivity contribution >= 4 is 32.9 Å². The van der Waals surface area contributed by atoms with Gasteiger partial charge in [0.1, 0.15) is 12.2 Å². The number of rotatable bonds is 3. The summed E-state index contributed by atoms with van der Waals surface area (Å²) in [5, 5.41) is 0.703. The Hall–Kier alpha value is -2.54. The maximum atomic E-state index is 11.9. The van der Waals surface area contributed by atoms with Gasteiger partial charge in [-0.1, -0.05) is 15.9 Å². The lowest BCUT2D eigenvalue weighted by molar-refractivity contribution is 0.0466. The van der Waals surface area contributed by atoms with Crippen molar-refractivity contribution in [3.05, 3.63) is 69.0 Å². The number of aromatic nitrogens is 2. The van der Waals surface area contributed by atoms with Crippen molar-refractivity contribution in [2.45, 2.75) is 6.61 Å². The minimum Gasteiger partial charge on any atom is -0.456 e. The Bertz CT molecular complexity index is 893. The highest BCUT2D eigenvalue weighted by atomic mass is 79.9. The van der Waals surface area contributed by atoms with Gasteiger partial charge >= 0.3 is 11.6 Å². The Kier molecular flexibility index (Phi) is 3.97. The Labute approximate surface area is 132 Å². The molecule has 0 unspecified atom stereocenters. The summed E-state index contributed by atoms with van der Waals surface area (Å²) >= 11 is 3.31. The second-order valence-electron chi connectivity index (χ2n) is 4.40. The monoisotopic (exact) mass is 360 g/mol. The molecule has 0 aliphatic carbocycles. The highest BCUT2D eigenvalue weighted by Gasteiger charge is 2.12. The van der Waals surface area contributed by atoms with Crippen LogP contribution in [0.25, 0.3) is 11.0 Å². The van der Waals surface area contributed by atoms with Gasteiger partial charge in [0, 0.05) is 33.9 Å². The maximum absolute atomic E-state index is 11.9. The van der Waals surface area contributed by atoms with E-state index in [0.29, 0.717) is 16.5 Å². The fourth-order valence-electron chi connectivity index (χ4n) is 1.94. The van der Waals surface area contributed by atoms with Gasteiger partial charge in [-0.25, -0.2) is 14.6 Å². The minimum absolute atomic E-state index is 0.0564. The number of fused-ring (bicyclic) bond motifs is 1. The second kappa shape index (κ2) is 6.07. The molecule has 2 heterocycles. The van der Waals surface area contributed by atoms with Crippen molar-refractivity contribution in [1.29, 1.82) is 0 Å². The number of esters is 1. The largest absolute Gasteiger partial charge is 0.456 e. The third-order valence-corrected chi connectivity index (χ3v) is 3.42. The number of hydrogen-bond donors (Lipinski definition) is 0. The van der Waals surface area contributed by atoms with Gasteiger partial charge < -0.3 is 9.15 Å². The summed E-state index contributed by atoms with van der Waals surface area (Å²) in [6.07, 6.45) is 4.18. The van der Waals surface area contributed by atoms with Crippen LogP contribution in [0.4, 0.5) is 0 Å². The first-order chi connectivity index (χ1) is 10.6. The quantitative estimate of drug-likeness (QED) is 0.527. The Morgan fingerprint density at radius 2 is 2.14 bits per heavy atom. The number of carbonyl (C=O) groups excluding carboxylic acids is 1. The van der Waals surface area contributed by atoms with Crippen molar-refractivity contribution in [3.8, 4) is 0 Å². The molecule has 3 rings (SSSR count). The SMILES string of the molecule is O=C(OCc1cc(=O)oc2cc(Br)ccc12)c1cnccn1. The average Bonchev–Trinajstić information content (AvgIpc) is 2.52. The van der Waals surface area contributed by atoms with Gasteiger partial charge in [0.05, 0.1) is 6.20 Å². The highest BCUT2D eigenvalue weighted by molar-refractivity contribution is 9.10. The lowest BCUT2D eigenvalue weighted by Gasteiger charge is -2.07. The first-order valence-electron chi connectivity index (χ1n) is 6.29. The smallest absolute Gasteiger partial charge is 0.358 e. The first-order valence-corrected chi connectivity index (χ1v) is 7.08. The zero-order chi connectivity index (χ0) is 15.5. The predicted molar refractivity (Wildman–Crippen MR) is 81.3 cm³/mol. The molecule has 0 spiro atoms. The Morgan fingerprint density at radius 1 is 1.27 bits per heavy atom. The molecule has 0 atom stereocenters. The van der Waals surface area contributed by atoms with Crippen molar-refractivity contribution < 1.29 is 13.9 Å². The highest BCUT2D eigenvalue weighted by Crippen LogP contribution is 2.22. The molecular formula is C15H9BrN2O4. The van der Waals surface area contributed by atoms with Crippen LogP contribution in [-0.4, -0.2) is 15.9 Å². The number of ether oxygens (including phenoxy) is 1. The summed E-state index contributed by atoms with van der Waals surface area (Å²) in [7, 11) is 0. The van der Waals surface area contributed by atoms with Gasteiger partial charge in [-0.05, 0) is 18.2 Å². The molecule has 110 valence electrons. The number of nitrogens with zero attached hydrogens (tertiary/aromatic N) is 2. The third-order valence-electron chi connectivity index (χ3n) is 2.92. The molecule has 0 amide bonds. The number of hydrogen-bond acceptors (Lipinski definition) is 6. The lowest BCUT2D eigenvalue weighted by Crippen LogP contribution is -2.09. The summed E-state index contributed by atoms with van der Waals surface area (Å²) in [6, 6.07) is 6.59. The van der Waals surface area contributed by atoms with Crippen molar-refractivity contribution in [1.82, 2.24) is 9.97 Å². The average molecular weight is 361 g/mol. The molecule has 0 saturated carbocycles. The van der Waals surface area contributed by atoms with Crippen LogP contribution in [0.2, 0.25) is 0 Å². The van der Waals surface area contributed by atoms with E-state index in [0.717, 1.165) is 4.47 Å². The molecule has 3 aromatic rings. The molecule has 6 nitrogen and oxygen atoms in total. The van der Waals surface area contributed by atoms with Crippen LogP contribution in [0.3, 0.4) is 0 Å². The van der Waals surface area contributed by atoms with Crippen molar-refractivity contribution in [3.63, 3.8) is 0 Å². The summed E-state index contributed by atoms with van der Waals surface area (Å²) in [5.74, 6) is -0.605. The van der Waals surface area contributed by atoms with Crippen LogP contribution in [0, 0.1) is 0 Å². The molecule has 0 aliphatic rings. The minimum atomic E-state index is -0.605. The molecule has 0 aliphatic heterocycles. The summed E-state index contributed by atoms with van der Waals surface area (Å²) in [6.45, 7) is -0.0564. The topological polar surface area (TPSA) is 82.3 Å². The van der Waals surface area contributed by atoms with E-state index in [2.05, 4.69) is 25.9 Å². The normalized spacial score (nSPS) is 10.6. The van der Waals surface area contributed by atoms with Crippen LogP contribution in [0.15, 0.2) is 56.5 Å². The molecule has 0 radical (unpaired) electrons. The third kappa shape index (κ3) is 3.04. The molecular weight excluding hydrogens is 352 g/mol. The van der Waals surface area contributed by atoms with Crippen LogP contribution in [0.5, 0.6) is 0 Å². The molecule has 1 aromatic carbocycles. The fraction of sp³-hybridized carbons (Fsp3) is 0.0667. The van der Waals surface area contributed by atoms with Crippen LogP contribution in [-0.2, 0) is 11.3 Å². The fourth-order valence-corrected chi connectivity index (χ4v) is 2.28. The van der Waals surface area contributed by atoms with E-state index in [1.807, 2.05) is 6.07 Å². The molecule has 22 heavy (non-hydrogen) atoms. The summed E-state index contributed by atoms with van der Waals surface area (Å²) in [5.41, 5.74) is 0.595. The second-order valence-corrected chi connectivity index (χ2v) is 5.31. The zero-order valence-electron chi connectivity index (χ0n) is 11.2. The van der Waals surface area contributed by atoms with E-state index in [9.17, 15) is 9.59 Å². The van der Waals surface area contributed by atoms with E-state index >= 15 is 0 Å². The Balaban J connectivity index is 1.88. The predicted octanol–water partition coefficient (Wildman–Crippen LogP) is 2.70. The van der Waals surface area contributed by atoms with Gasteiger partial charge in [0.2, 0.25) is 0 Å². The first kappa shape index (κ1) is 14.4. The van der Waals surface area contributed by atoms with Crippen LogP contribution >= 0.6 is 15.9 Å². The lowest BCUT2D eigenvalue weighted by atomic mass is 10.1. The van der Waals surface area contributed by atoms with Crippen LogP contribution in [0.1, 0.15) is 16.1 Å². The van der Waals surface area contributed by atoms with Gasteiger partial charge in [-0.2, -0.15) is 0 Å². The van der Waals surface area contributed by atoms with E-state index < -0.39 is 11.6 Å². The molecule has 2 aromatic heterocycles. The molecule has 0 bridgehead atoms. The number of benzene rings is 1. The Morgan fingerprint density at radius 3 is 2.91 bits per heavy atom. The maximum Gasteiger partial charge on any atom is 0.358 e. The molecule has 0 saturated heterocycles. The van der Waals surface area contributed by atoms with Crippen molar-refractivity contribution in [2.75, 3.05) is 0 Å². The van der Waals surface area contributed by atoms with Gasteiger partial charge in [-0.15, -0.1) is 0 Å². The van der Waals surface area contributed by atoms with E-state index in [1.165, 1.54) is 24.7 Å². The summed E-state index contributed by atoms with van der Waals surface area (Å²) in [4.78, 5) is 31.1. The van der Waals surface area contributed by atoms with E-state index in [-0.39, 0.29) is 12.3 Å². The van der Waals surface area contributed by atoms with Gasteiger partial charge in [0.25, 0.3) is 0 Å². The van der Waals surface area contributed by atoms with Gasteiger partial charge in [0.15, 0.2) is 5.69 Å². The van der Waals surface area contributed by atoms with Crippen molar-refractivity contribution in [2.24, 2.45) is 0 Å². The van der Waals surface area contributed by atoms with E-state index in [4.69, 9.17) is 9.15 Å². The molecule has 0 N–H and O–H groups in total. The van der Waals surface area contributed by atoms with E-state index in [1.54, 1.807) is 12.1 Å². The standard InChI is InChI=1S/C15H9BrN2O4/c16-10-1-2-11-9(5-14(19)22-13(11)6-10)8-21-15(20)12-7-17-3-4-18-12/h1-7H,8H2.